The first-order valence-corrected chi connectivity index (χ1v) is 5.21. The van der Waals surface area contributed by atoms with Crippen molar-refractivity contribution in [1.29, 1.82) is 0 Å². The number of nitrogens with zero attached hydrogens (tertiary/aromatic N) is 1. The summed E-state index contributed by atoms with van der Waals surface area (Å²) in [6.07, 6.45) is 1.77. The van der Waals surface area contributed by atoms with Gasteiger partial charge in [-0.3, -0.25) is 0 Å². The second-order valence-corrected chi connectivity index (χ2v) is 4.93. The van der Waals surface area contributed by atoms with E-state index in [0.29, 0.717) is 12.5 Å². The fourth-order valence-corrected chi connectivity index (χ4v) is 1.46. The minimum atomic E-state index is -0.341. The maximum absolute atomic E-state index is 5.80. The molecule has 0 bridgehead atoms. The van der Waals surface area contributed by atoms with E-state index < -0.39 is 0 Å². The summed E-state index contributed by atoms with van der Waals surface area (Å²) < 4.78 is 6.34. The predicted octanol–water partition coefficient (Wildman–Crippen LogP) is 2.27. The summed E-state index contributed by atoms with van der Waals surface area (Å²) in [6.45, 7) is 6.25. The zero-order valence-electron chi connectivity index (χ0n) is 8.67. The summed E-state index contributed by atoms with van der Waals surface area (Å²) in [4.78, 5) is 4.16. The molecular formula is C10H15BrN2O. The van der Waals surface area contributed by atoms with Crippen LogP contribution >= 0.6 is 15.9 Å². The van der Waals surface area contributed by atoms with Crippen LogP contribution in [0.15, 0.2) is 16.7 Å². The van der Waals surface area contributed by atoms with Gasteiger partial charge in [0.25, 0.3) is 0 Å². The highest BCUT2D eigenvalue weighted by atomic mass is 79.9. The van der Waals surface area contributed by atoms with Crippen molar-refractivity contribution >= 4 is 15.9 Å². The van der Waals surface area contributed by atoms with E-state index in [-0.39, 0.29) is 5.54 Å². The van der Waals surface area contributed by atoms with Crippen molar-refractivity contribution in [2.75, 3.05) is 6.61 Å². The van der Waals surface area contributed by atoms with E-state index in [1.165, 1.54) is 0 Å². The molecule has 14 heavy (non-hydrogen) atoms. The number of halogens is 1. The maximum Gasteiger partial charge on any atom is 0.228 e. The molecule has 0 atom stereocenters. The summed E-state index contributed by atoms with van der Waals surface area (Å²) in [5, 5.41) is 0. The van der Waals surface area contributed by atoms with Gasteiger partial charge in [-0.2, -0.15) is 0 Å². The van der Waals surface area contributed by atoms with Gasteiger partial charge < -0.3 is 10.5 Å². The molecule has 1 aromatic rings. The molecule has 0 aliphatic carbocycles. The van der Waals surface area contributed by atoms with Gasteiger partial charge in [0.15, 0.2) is 0 Å². The molecule has 78 valence electrons. The summed E-state index contributed by atoms with van der Waals surface area (Å²) >= 11 is 3.39. The van der Waals surface area contributed by atoms with E-state index >= 15 is 0 Å². The minimum Gasteiger partial charge on any atom is -0.475 e. The van der Waals surface area contributed by atoms with E-state index in [1.807, 2.05) is 26.8 Å². The van der Waals surface area contributed by atoms with Crippen LogP contribution in [0.4, 0.5) is 0 Å². The Labute approximate surface area is 92.8 Å². The monoisotopic (exact) mass is 258 g/mol. The van der Waals surface area contributed by atoms with Crippen LogP contribution in [-0.2, 0) is 0 Å². The molecule has 1 rings (SSSR count). The smallest absolute Gasteiger partial charge is 0.228 e. The quantitative estimate of drug-likeness (QED) is 0.905. The Kier molecular flexibility index (Phi) is 3.50. The first kappa shape index (κ1) is 11.5. The van der Waals surface area contributed by atoms with Crippen LogP contribution in [0.3, 0.4) is 0 Å². The molecular weight excluding hydrogens is 244 g/mol. The van der Waals surface area contributed by atoms with E-state index in [9.17, 15) is 0 Å². The minimum absolute atomic E-state index is 0.341. The SMILES string of the molecule is Cc1cnc(OCC(C)(C)N)c(Br)c1. The molecule has 0 aliphatic heterocycles. The molecule has 0 aliphatic rings. The third-order valence-corrected chi connectivity index (χ3v) is 2.09. The summed E-state index contributed by atoms with van der Waals surface area (Å²) in [6, 6.07) is 1.96. The first-order valence-electron chi connectivity index (χ1n) is 4.42. The number of hydrogen-bond acceptors (Lipinski definition) is 3. The van der Waals surface area contributed by atoms with Crippen LogP contribution in [0.1, 0.15) is 19.4 Å². The van der Waals surface area contributed by atoms with Gasteiger partial charge in [-0.05, 0) is 48.3 Å². The average Bonchev–Trinajstić information content (AvgIpc) is 2.00. The zero-order chi connectivity index (χ0) is 10.8. The standard InChI is InChI=1S/C10H15BrN2O/c1-7-4-8(11)9(13-5-7)14-6-10(2,3)12/h4-5H,6,12H2,1-3H3. The zero-order valence-corrected chi connectivity index (χ0v) is 10.3. The van der Waals surface area contributed by atoms with Crippen LogP contribution in [0, 0.1) is 6.92 Å². The van der Waals surface area contributed by atoms with E-state index in [4.69, 9.17) is 10.5 Å². The number of ether oxygens (including phenoxy) is 1. The largest absolute Gasteiger partial charge is 0.475 e. The Balaban J connectivity index is 2.68. The van der Waals surface area contributed by atoms with Gasteiger partial charge in [0.1, 0.15) is 6.61 Å². The Bertz CT molecular complexity index is 320. The van der Waals surface area contributed by atoms with Crippen molar-refractivity contribution in [3.8, 4) is 5.88 Å². The van der Waals surface area contributed by atoms with E-state index in [1.54, 1.807) is 6.20 Å². The third kappa shape index (κ3) is 3.64. The lowest BCUT2D eigenvalue weighted by atomic mass is 10.1. The van der Waals surface area contributed by atoms with Gasteiger partial charge in [-0.25, -0.2) is 4.98 Å². The molecule has 0 aromatic carbocycles. The molecule has 0 saturated heterocycles. The molecule has 4 heteroatoms. The molecule has 0 amide bonds. The number of aromatic nitrogens is 1. The number of hydrogen-bond donors (Lipinski definition) is 1. The highest BCUT2D eigenvalue weighted by molar-refractivity contribution is 9.10. The van der Waals surface area contributed by atoms with Crippen LogP contribution in [0.2, 0.25) is 0 Å². The second-order valence-electron chi connectivity index (χ2n) is 4.08. The number of rotatable bonds is 3. The van der Waals surface area contributed by atoms with Crippen molar-refractivity contribution in [2.45, 2.75) is 26.3 Å². The summed E-state index contributed by atoms with van der Waals surface area (Å²) in [5.41, 5.74) is 6.55. The average molecular weight is 259 g/mol. The number of pyridine rings is 1. The van der Waals surface area contributed by atoms with Gasteiger partial charge in [-0.1, -0.05) is 0 Å². The Morgan fingerprint density at radius 2 is 2.21 bits per heavy atom. The lowest BCUT2D eigenvalue weighted by molar-refractivity contribution is 0.233. The number of aryl methyl sites for hydroxylation is 1. The summed E-state index contributed by atoms with van der Waals surface area (Å²) in [5.74, 6) is 0.592. The molecule has 1 aromatic heterocycles. The first-order chi connectivity index (χ1) is 6.38. The van der Waals surface area contributed by atoms with Gasteiger partial charge in [0.2, 0.25) is 5.88 Å². The van der Waals surface area contributed by atoms with E-state index in [0.717, 1.165) is 10.0 Å². The van der Waals surface area contributed by atoms with Crippen LogP contribution < -0.4 is 10.5 Å². The molecule has 3 nitrogen and oxygen atoms in total. The van der Waals surface area contributed by atoms with Gasteiger partial charge in [0.05, 0.1) is 4.47 Å². The van der Waals surface area contributed by atoms with Crippen molar-refractivity contribution < 1.29 is 4.74 Å². The Morgan fingerprint density at radius 3 is 2.71 bits per heavy atom. The van der Waals surface area contributed by atoms with Crippen LogP contribution in [0.5, 0.6) is 5.88 Å². The number of nitrogens with two attached hydrogens (primary N) is 1. The lowest BCUT2D eigenvalue weighted by Gasteiger charge is -2.18. The van der Waals surface area contributed by atoms with Gasteiger partial charge in [-0.15, -0.1) is 0 Å². The fourth-order valence-electron chi connectivity index (χ4n) is 0.882. The summed E-state index contributed by atoms with van der Waals surface area (Å²) in [7, 11) is 0. The highest BCUT2D eigenvalue weighted by Gasteiger charge is 2.13. The van der Waals surface area contributed by atoms with E-state index in [2.05, 4.69) is 20.9 Å². The van der Waals surface area contributed by atoms with Crippen molar-refractivity contribution in [1.82, 2.24) is 4.98 Å². The topological polar surface area (TPSA) is 48.1 Å². The Hall–Kier alpha value is -0.610. The van der Waals surface area contributed by atoms with Crippen molar-refractivity contribution in [3.05, 3.63) is 22.3 Å². The molecule has 2 N–H and O–H groups in total. The second kappa shape index (κ2) is 4.28. The third-order valence-electron chi connectivity index (χ3n) is 1.53. The molecule has 0 spiro atoms. The maximum atomic E-state index is 5.80. The molecule has 0 unspecified atom stereocenters. The van der Waals surface area contributed by atoms with Crippen molar-refractivity contribution in [2.24, 2.45) is 5.73 Å². The molecule has 0 radical (unpaired) electrons. The molecule has 1 heterocycles. The van der Waals surface area contributed by atoms with Crippen LogP contribution in [-0.4, -0.2) is 17.1 Å². The van der Waals surface area contributed by atoms with Gasteiger partial charge >= 0.3 is 0 Å². The normalized spacial score (nSPS) is 11.5. The predicted molar refractivity (Wildman–Crippen MR) is 60.4 cm³/mol. The van der Waals surface area contributed by atoms with Crippen molar-refractivity contribution in [3.63, 3.8) is 0 Å². The molecule has 0 saturated carbocycles. The fraction of sp³-hybridized carbons (Fsp3) is 0.500. The lowest BCUT2D eigenvalue weighted by Crippen LogP contribution is -2.38. The van der Waals surface area contributed by atoms with Gasteiger partial charge in [0, 0.05) is 11.7 Å². The molecule has 0 fully saturated rings. The van der Waals surface area contributed by atoms with Crippen LogP contribution in [0.25, 0.3) is 0 Å². The Morgan fingerprint density at radius 1 is 1.57 bits per heavy atom. The highest BCUT2D eigenvalue weighted by Crippen LogP contribution is 2.23.